The van der Waals surface area contributed by atoms with Crippen molar-refractivity contribution < 1.29 is 48.7 Å². The van der Waals surface area contributed by atoms with Gasteiger partial charge >= 0.3 is 11.9 Å². The number of Topliss-reactive ketones (excluding diaryl/α,β-unsaturated/α-hetero) is 1. The number of carbonyl (C=O) groups excluding carboxylic acids is 1. The Bertz CT molecular complexity index is 1270. The number of aliphatic hydroxyl groups is 1. The summed E-state index contributed by atoms with van der Waals surface area (Å²) in [6, 6.07) is 19.1. The van der Waals surface area contributed by atoms with Crippen LogP contribution in [0.15, 0.2) is 72.8 Å². The molecule has 1 saturated heterocycles. The second kappa shape index (κ2) is 15.7. The monoisotopic (exact) mass is 587 g/mol. The van der Waals surface area contributed by atoms with E-state index in [1.54, 1.807) is 36.4 Å². The van der Waals surface area contributed by atoms with Crippen LogP contribution >= 0.6 is 0 Å². The lowest BCUT2D eigenvalue weighted by atomic mass is 9.72. The molecular weight excluding hydrogens is 552 g/mol. The van der Waals surface area contributed by atoms with Crippen LogP contribution in [0.2, 0.25) is 0 Å². The van der Waals surface area contributed by atoms with E-state index in [1.807, 2.05) is 12.1 Å². The minimum Gasteiger partial charge on any atom is -0.494 e. The molecule has 0 atom stereocenters. The summed E-state index contributed by atoms with van der Waals surface area (Å²) in [5.41, 5.74) is 0.549. The van der Waals surface area contributed by atoms with Crippen molar-refractivity contribution in [2.45, 2.75) is 31.8 Å². The molecule has 0 aliphatic carbocycles. The molecule has 0 spiro atoms. The van der Waals surface area contributed by atoms with E-state index < -0.39 is 17.5 Å². The molecule has 0 unspecified atom stereocenters. The number of aliphatic carboxylic acids is 2. The number of hydrogen-bond donors (Lipinski definition) is 3. The van der Waals surface area contributed by atoms with Gasteiger partial charge in [0, 0.05) is 12.1 Å². The number of carboxylic acids is 2. The highest BCUT2D eigenvalue weighted by Crippen LogP contribution is 2.42. The third-order valence-electron chi connectivity index (χ3n) is 7.06. The number of ether oxygens (including phenoxy) is 1. The molecule has 1 aliphatic heterocycles. The summed E-state index contributed by atoms with van der Waals surface area (Å²) in [6.07, 6.45) is 2.36. The maximum atomic E-state index is 13.6. The molecule has 3 aromatic carbocycles. The molecule has 3 aromatic rings. The number of hydrogen-bond acceptors (Lipinski definition) is 6. The summed E-state index contributed by atoms with van der Waals surface area (Å²) >= 11 is 0. The Balaban J connectivity index is 0.000000798. The van der Waals surface area contributed by atoms with Crippen LogP contribution in [0, 0.1) is 17.6 Å². The lowest BCUT2D eigenvalue weighted by molar-refractivity contribution is -0.159. The quantitative estimate of drug-likeness (QED) is 0.193. The summed E-state index contributed by atoms with van der Waals surface area (Å²) in [5, 5.41) is 26.7. The maximum absolute atomic E-state index is 13.6. The first-order valence-corrected chi connectivity index (χ1v) is 13.2. The maximum Gasteiger partial charge on any atom is 0.414 e. The van der Waals surface area contributed by atoms with E-state index in [4.69, 9.17) is 24.5 Å². The van der Waals surface area contributed by atoms with Crippen LogP contribution in [-0.4, -0.2) is 69.7 Å². The van der Waals surface area contributed by atoms with Gasteiger partial charge in [0.1, 0.15) is 23.0 Å². The molecule has 5 N–H and O–H groups in total. The van der Waals surface area contributed by atoms with Gasteiger partial charge in [-0.1, -0.05) is 36.4 Å². The van der Waals surface area contributed by atoms with E-state index in [9.17, 15) is 18.7 Å². The average molecular weight is 588 g/mol. The number of carboxylic acid groups (broad SMARTS) is 2. The average Bonchev–Trinajstić information content (AvgIpc) is 2.96. The van der Waals surface area contributed by atoms with Gasteiger partial charge in [-0.25, -0.2) is 18.4 Å². The van der Waals surface area contributed by atoms with Crippen LogP contribution in [0.4, 0.5) is 8.78 Å². The van der Waals surface area contributed by atoms with Gasteiger partial charge in [-0.2, -0.15) is 0 Å². The van der Waals surface area contributed by atoms with Crippen molar-refractivity contribution in [3.8, 4) is 5.75 Å². The van der Waals surface area contributed by atoms with Crippen molar-refractivity contribution in [1.82, 2.24) is 4.90 Å². The molecule has 0 aromatic heterocycles. The second-order valence-electron chi connectivity index (χ2n) is 9.79. The zero-order valence-electron chi connectivity index (χ0n) is 23.1. The van der Waals surface area contributed by atoms with E-state index in [-0.39, 0.29) is 28.8 Å². The third-order valence-corrected chi connectivity index (χ3v) is 7.06. The fourth-order valence-corrected chi connectivity index (χ4v) is 4.90. The minimum absolute atomic E-state index is 0. The first-order chi connectivity index (χ1) is 19.5. The van der Waals surface area contributed by atoms with Crippen molar-refractivity contribution in [2.24, 2.45) is 5.92 Å². The van der Waals surface area contributed by atoms with Gasteiger partial charge in [0.2, 0.25) is 0 Å². The molecule has 9 nitrogen and oxygen atoms in total. The number of likely N-dealkylation sites (tertiary alicyclic amines) is 1. The van der Waals surface area contributed by atoms with Gasteiger partial charge in [0.15, 0.2) is 5.78 Å². The largest absolute Gasteiger partial charge is 0.494 e. The first kappa shape index (κ1) is 34.0. The minimum atomic E-state index is -1.82. The Hall–Kier alpha value is -4.19. The number of ketones is 1. The molecule has 1 fully saturated rings. The Morgan fingerprint density at radius 3 is 1.83 bits per heavy atom. The number of nitrogens with zero attached hydrogens (tertiary/aromatic N) is 1. The summed E-state index contributed by atoms with van der Waals surface area (Å²) in [4.78, 5) is 32.1. The van der Waals surface area contributed by atoms with Crippen molar-refractivity contribution in [3.05, 3.63) is 101 Å². The standard InChI is InChI=1S/C29H31F2NO3.C2H2O4.H2O/c1-21(33)22-4-2-5-28(20-22)35-19-3-16-32-17-14-25(15-18-32)29(34,23-6-10-26(30)11-7-23)24-8-12-27(31)13-9-24;3-1(4)2(5)6;/h2,4-13,20,25,34H,3,14-19H2,1H3;(H,3,4)(H,5,6);1H2. The Labute approximate surface area is 242 Å². The Morgan fingerprint density at radius 1 is 0.881 bits per heavy atom. The molecular formula is C31H35F2NO8. The van der Waals surface area contributed by atoms with Crippen molar-refractivity contribution in [2.75, 3.05) is 26.2 Å². The van der Waals surface area contributed by atoms with E-state index in [2.05, 4.69) is 4.90 Å². The molecule has 1 aliphatic rings. The molecule has 0 amide bonds. The second-order valence-corrected chi connectivity index (χ2v) is 9.79. The van der Waals surface area contributed by atoms with Crippen LogP contribution in [0.25, 0.3) is 0 Å². The van der Waals surface area contributed by atoms with Crippen LogP contribution in [0.5, 0.6) is 5.75 Å². The smallest absolute Gasteiger partial charge is 0.414 e. The number of halogens is 2. The Morgan fingerprint density at radius 2 is 1.38 bits per heavy atom. The lowest BCUT2D eigenvalue weighted by Gasteiger charge is -2.42. The molecule has 1 heterocycles. The zero-order valence-corrected chi connectivity index (χ0v) is 23.1. The highest BCUT2D eigenvalue weighted by molar-refractivity contribution is 6.27. The van der Waals surface area contributed by atoms with Gasteiger partial charge in [-0.05, 0) is 92.7 Å². The van der Waals surface area contributed by atoms with Crippen molar-refractivity contribution >= 4 is 17.7 Å². The Kier molecular flexibility index (Phi) is 12.7. The number of benzene rings is 3. The highest BCUT2D eigenvalue weighted by Gasteiger charge is 2.41. The van der Waals surface area contributed by atoms with Crippen LogP contribution in [0.1, 0.15) is 47.7 Å². The van der Waals surface area contributed by atoms with E-state index in [0.717, 1.165) is 38.9 Å². The molecule has 4 rings (SSSR count). The molecule has 0 bridgehead atoms. The molecule has 0 saturated carbocycles. The zero-order chi connectivity index (χ0) is 30.0. The van der Waals surface area contributed by atoms with Crippen LogP contribution < -0.4 is 4.74 Å². The predicted octanol–water partition coefficient (Wildman–Crippen LogP) is 3.92. The third kappa shape index (κ3) is 9.16. The highest BCUT2D eigenvalue weighted by atomic mass is 19.1. The topological polar surface area (TPSA) is 156 Å². The van der Waals surface area contributed by atoms with Gasteiger partial charge in [0.05, 0.1) is 6.61 Å². The van der Waals surface area contributed by atoms with Gasteiger partial charge < -0.3 is 30.4 Å². The van der Waals surface area contributed by atoms with Crippen LogP contribution in [0.3, 0.4) is 0 Å². The van der Waals surface area contributed by atoms with Gasteiger partial charge in [-0.15, -0.1) is 0 Å². The summed E-state index contributed by atoms with van der Waals surface area (Å²) in [7, 11) is 0. The molecule has 11 heteroatoms. The van der Waals surface area contributed by atoms with Crippen molar-refractivity contribution in [1.29, 1.82) is 0 Å². The van der Waals surface area contributed by atoms with E-state index >= 15 is 0 Å². The summed E-state index contributed by atoms with van der Waals surface area (Å²) in [5.74, 6) is -3.75. The number of rotatable bonds is 9. The van der Waals surface area contributed by atoms with Gasteiger partial charge in [-0.3, -0.25) is 4.79 Å². The lowest BCUT2D eigenvalue weighted by Crippen LogP contribution is -2.44. The van der Waals surface area contributed by atoms with Crippen LogP contribution in [-0.2, 0) is 15.2 Å². The first-order valence-electron chi connectivity index (χ1n) is 13.2. The fraction of sp³-hybridized carbons (Fsp3) is 0.323. The van der Waals surface area contributed by atoms with Crippen molar-refractivity contribution in [3.63, 3.8) is 0 Å². The number of carbonyl (C=O) groups is 3. The molecule has 42 heavy (non-hydrogen) atoms. The number of piperidine rings is 1. The fourth-order valence-electron chi connectivity index (χ4n) is 4.90. The van der Waals surface area contributed by atoms with E-state index in [0.29, 0.717) is 29.0 Å². The normalized spacial score (nSPS) is 13.7. The van der Waals surface area contributed by atoms with Gasteiger partial charge in [0.25, 0.3) is 0 Å². The molecule has 0 radical (unpaired) electrons. The summed E-state index contributed by atoms with van der Waals surface area (Å²) in [6.45, 7) is 4.58. The van der Waals surface area contributed by atoms with E-state index in [1.165, 1.54) is 31.2 Å². The molecule has 226 valence electrons. The predicted molar refractivity (Wildman–Crippen MR) is 150 cm³/mol. The summed E-state index contributed by atoms with van der Waals surface area (Å²) < 4.78 is 33.0. The SMILES string of the molecule is CC(=O)c1cccc(OCCCN2CCC(C(O)(c3ccc(F)cc3)c3ccc(F)cc3)CC2)c1.O.O=C(O)C(=O)O.